The van der Waals surface area contributed by atoms with Gasteiger partial charge in [-0.15, -0.1) is 0 Å². The Labute approximate surface area is 263 Å². The van der Waals surface area contributed by atoms with Gasteiger partial charge in [-0.1, -0.05) is 44.2 Å². The van der Waals surface area contributed by atoms with Gasteiger partial charge >= 0.3 is 6.18 Å². The number of benzene rings is 1. The van der Waals surface area contributed by atoms with Crippen LogP contribution in [0, 0.1) is 33.5 Å². The number of β-amino-alcohol motifs (C(OH)–C–C–N with tert-alkyl or cyclic N) is 1. The first-order valence-electron chi connectivity index (χ1n) is 16.6. The number of Topliss-reactive ketones (excluding diaryl/α,β-unsaturated/α-hetero) is 1. The second-order valence-corrected chi connectivity index (χ2v) is 15.5. The van der Waals surface area contributed by atoms with Crippen LogP contribution in [0.2, 0.25) is 0 Å². The largest absolute Gasteiger partial charge is 0.416 e. The fraction of sp³-hybridized carbons (Fsp3) is 0.667. The quantitative estimate of drug-likeness (QED) is 0.334. The number of allylic oxidation sites excluding steroid dienone is 4. The third kappa shape index (κ3) is 4.25. The number of rotatable bonds is 4. The summed E-state index contributed by atoms with van der Waals surface area (Å²) >= 11 is 0. The zero-order valence-corrected chi connectivity index (χ0v) is 26.5. The van der Waals surface area contributed by atoms with Crippen molar-refractivity contribution in [2.45, 2.75) is 83.6 Å². The molecule has 4 fully saturated rings. The van der Waals surface area contributed by atoms with Crippen LogP contribution in [0.1, 0.15) is 81.6 Å². The van der Waals surface area contributed by atoms with Gasteiger partial charge in [0.1, 0.15) is 0 Å². The van der Waals surface area contributed by atoms with E-state index in [2.05, 4.69) is 30.9 Å². The Morgan fingerprint density at radius 2 is 1.62 bits per heavy atom. The average Bonchev–Trinajstić information content (AvgIpc) is 3.26. The molecule has 1 aliphatic heterocycles. The summed E-state index contributed by atoms with van der Waals surface area (Å²) in [6.45, 7) is 9.18. The number of aliphatic hydroxyl groups excluding tert-OH is 1. The second kappa shape index (κ2) is 10.0. The molecule has 0 radical (unpaired) electrons. The molecule has 8 rings (SSSR count). The Morgan fingerprint density at radius 3 is 2.31 bits per heavy atom. The van der Waals surface area contributed by atoms with E-state index >= 15 is 0 Å². The Balaban J connectivity index is 1.30. The highest BCUT2D eigenvalue weighted by atomic mass is 19.4. The summed E-state index contributed by atoms with van der Waals surface area (Å²) in [7, 11) is 0. The third-order valence-corrected chi connectivity index (χ3v) is 13.7. The molecule has 45 heavy (non-hydrogen) atoms. The van der Waals surface area contributed by atoms with E-state index in [-0.39, 0.29) is 34.5 Å². The van der Waals surface area contributed by atoms with E-state index in [1.54, 1.807) is 6.92 Å². The minimum Gasteiger partial charge on any atom is -0.393 e. The van der Waals surface area contributed by atoms with Crippen LogP contribution >= 0.6 is 0 Å². The fourth-order valence-electron chi connectivity index (χ4n) is 11.2. The van der Waals surface area contributed by atoms with Gasteiger partial charge in [0.05, 0.1) is 17.3 Å². The molecule has 1 aromatic carbocycles. The van der Waals surface area contributed by atoms with E-state index in [0.717, 1.165) is 31.4 Å². The molecule has 9 heteroatoms. The van der Waals surface area contributed by atoms with Gasteiger partial charge in [-0.05, 0) is 74.3 Å². The number of hydrogen-bond acceptors (Lipinski definition) is 5. The van der Waals surface area contributed by atoms with Gasteiger partial charge in [-0.25, -0.2) is 0 Å². The van der Waals surface area contributed by atoms with E-state index in [9.17, 15) is 33.0 Å². The van der Waals surface area contributed by atoms with Gasteiger partial charge in [-0.3, -0.25) is 14.5 Å². The number of piperazine rings is 1. The first kappa shape index (κ1) is 31.1. The number of aliphatic hydroxyl groups is 2. The highest BCUT2D eigenvalue weighted by Gasteiger charge is 2.74. The van der Waals surface area contributed by atoms with E-state index in [0.29, 0.717) is 64.0 Å². The summed E-state index contributed by atoms with van der Waals surface area (Å²) in [6, 6.07) is 4.76. The van der Waals surface area contributed by atoms with Gasteiger partial charge in [0, 0.05) is 67.0 Å². The summed E-state index contributed by atoms with van der Waals surface area (Å²) in [5, 5.41) is 23.4. The Hall–Kier alpha value is -2.49. The summed E-state index contributed by atoms with van der Waals surface area (Å²) in [5.41, 5.74) is -3.30. The molecule has 3 saturated carbocycles. The molecule has 2 N–H and O–H groups in total. The third-order valence-electron chi connectivity index (χ3n) is 13.7. The lowest BCUT2D eigenvalue weighted by Gasteiger charge is -2.71. The topological polar surface area (TPSA) is 81.1 Å². The number of nitrogens with zero attached hydrogens (tertiary/aromatic N) is 2. The summed E-state index contributed by atoms with van der Waals surface area (Å²) in [4.78, 5) is 30.6. The van der Waals surface area contributed by atoms with Crippen molar-refractivity contribution in [2.75, 3.05) is 32.7 Å². The fourth-order valence-corrected chi connectivity index (χ4v) is 11.2. The molecule has 2 spiro atoms. The predicted molar refractivity (Wildman–Crippen MR) is 163 cm³/mol. The maximum atomic E-state index is 14.6. The lowest BCUT2D eigenvalue weighted by molar-refractivity contribution is -0.177. The first-order valence-corrected chi connectivity index (χ1v) is 16.6. The van der Waals surface area contributed by atoms with Crippen molar-refractivity contribution in [3.05, 3.63) is 59.2 Å². The van der Waals surface area contributed by atoms with Gasteiger partial charge in [-0.2, -0.15) is 13.2 Å². The van der Waals surface area contributed by atoms with Crippen molar-refractivity contribution >= 4 is 11.7 Å². The van der Waals surface area contributed by atoms with Crippen molar-refractivity contribution in [3.63, 3.8) is 0 Å². The lowest BCUT2D eigenvalue weighted by Crippen LogP contribution is -2.67. The number of amides is 1. The number of alkyl halides is 3. The van der Waals surface area contributed by atoms with E-state index in [4.69, 9.17) is 0 Å². The molecular weight excluding hydrogens is 581 g/mol. The number of halogens is 3. The van der Waals surface area contributed by atoms with Gasteiger partial charge < -0.3 is 15.1 Å². The van der Waals surface area contributed by atoms with Crippen molar-refractivity contribution in [2.24, 2.45) is 33.5 Å². The monoisotopic (exact) mass is 626 g/mol. The molecule has 2 bridgehead atoms. The van der Waals surface area contributed by atoms with Crippen LogP contribution in [0.25, 0.3) is 0 Å². The molecule has 8 unspecified atom stereocenters. The zero-order valence-electron chi connectivity index (χ0n) is 26.5. The van der Waals surface area contributed by atoms with E-state index in [1.807, 2.05) is 11.0 Å². The summed E-state index contributed by atoms with van der Waals surface area (Å²) in [5.74, 6) is -0.329. The van der Waals surface area contributed by atoms with Crippen LogP contribution in [-0.4, -0.2) is 76.1 Å². The number of hydrogen-bond donors (Lipinski definition) is 2. The molecule has 8 atom stereocenters. The first-order chi connectivity index (χ1) is 21.1. The van der Waals surface area contributed by atoms with Gasteiger partial charge in [0.25, 0.3) is 0 Å². The van der Waals surface area contributed by atoms with Crippen LogP contribution in [0.15, 0.2) is 48.1 Å². The molecule has 244 valence electrons. The van der Waals surface area contributed by atoms with Crippen LogP contribution < -0.4 is 0 Å². The number of carbonyl (C=O) groups is 2. The number of carbonyl (C=O) groups excluding carboxylic acids is 2. The molecule has 0 aromatic heterocycles. The van der Waals surface area contributed by atoms with Crippen molar-refractivity contribution in [1.29, 1.82) is 0 Å². The van der Waals surface area contributed by atoms with Gasteiger partial charge in [0.15, 0.2) is 5.78 Å². The van der Waals surface area contributed by atoms with Crippen LogP contribution in [0.4, 0.5) is 13.2 Å². The van der Waals surface area contributed by atoms with Gasteiger partial charge in [0.2, 0.25) is 5.91 Å². The number of ketones is 1. The molecule has 6 nitrogen and oxygen atoms in total. The summed E-state index contributed by atoms with van der Waals surface area (Å²) < 4.78 is 41.3. The molecule has 1 heterocycles. The van der Waals surface area contributed by atoms with Crippen molar-refractivity contribution < 1.29 is 33.0 Å². The highest BCUT2D eigenvalue weighted by molar-refractivity contribution is 6.10. The summed E-state index contributed by atoms with van der Waals surface area (Å²) in [6.07, 6.45) is 6.21. The molecule has 1 amide bonds. The minimum atomic E-state index is -4.57. The lowest BCUT2D eigenvalue weighted by atomic mass is 9.32. The van der Waals surface area contributed by atoms with Crippen LogP contribution in [0.3, 0.4) is 0 Å². The standard InChI is InChI=1S/C36H45F3N2O4/c1-23(42)41-17-15-40(16-18-41)22-34(45)12-9-29-32(34,3)11-8-28-31(2)10-7-26(43)20-33(31)13-14-35(28,29)27(21-33)30(44)24-5-4-6-25(19-24)36(37,38)39/h4-6,13-14,19,21,26,28-29,43,45H,7-12,15-18,20,22H2,1-3H3. The Bertz CT molecular complexity index is 1480. The van der Waals surface area contributed by atoms with E-state index in [1.165, 1.54) is 12.1 Å². The van der Waals surface area contributed by atoms with Crippen molar-refractivity contribution in [1.82, 2.24) is 9.80 Å². The maximum absolute atomic E-state index is 14.6. The Morgan fingerprint density at radius 1 is 0.956 bits per heavy atom. The molecular formula is C36H45F3N2O4. The maximum Gasteiger partial charge on any atom is 0.416 e. The highest BCUT2D eigenvalue weighted by Crippen LogP contribution is 2.78. The average molecular weight is 627 g/mol. The Kier molecular flexibility index (Phi) is 6.92. The molecule has 7 aliphatic rings. The number of fused-ring (bicyclic) bond motifs is 1. The normalized spacial score (nSPS) is 42.5. The SMILES string of the molecule is CC(=O)N1CCN(CC2(O)CCC3C45C=CC6(C=C4C(=O)c4cccc(C(F)(F)F)c4)CC(O)CCC6(C)C5CCC32C)CC1. The zero-order chi connectivity index (χ0) is 32.2. The van der Waals surface area contributed by atoms with E-state index < -0.39 is 39.7 Å². The van der Waals surface area contributed by atoms with Crippen LogP contribution in [-0.2, 0) is 11.0 Å². The molecule has 1 aromatic rings. The van der Waals surface area contributed by atoms with Crippen molar-refractivity contribution in [3.8, 4) is 0 Å². The minimum absolute atomic E-state index is 0.0310. The predicted octanol–water partition coefficient (Wildman–Crippen LogP) is 5.64. The van der Waals surface area contributed by atoms with Crippen LogP contribution in [0.5, 0.6) is 0 Å². The smallest absolute Gasteiger partial charge is 0.393 e. The molecule has 6 aliphatic carbocycles. The molecule has 1 saturated heterocycles. The second-order valence-electron chi connectivity index (χ2n) is 15.5.